The molecular weight excluding hydrogens is 406 g/mol. The molecule has 2 saturated heterocycles. The number of piperazine rings is 2. The van der Waals surface area contributed by atoms with E-state index >= 15 is 0 Å². The summed E-state index contributed by atoms with van der Waals surface area (Å²) in [4.78, 5) is 14.2. The highest BCUT2D eigenvalue weighted by Crippen LogP contribution is 2.20. The minimum Gasteiger partial charge on any atom is -0.369 e. The van der Waals surface area contributed by atoms with Gasteiger partial charge in [-0.05, 0) is 65.4 Å². The van der Waals surface area contributed by atoms with Gasteiger partial charge in [0.1, 0.15) is 5.82 Å². The van der Waals surface area contributed by atoms with E-state index in [1.165, 1.54) is 23.4 Å². The van der Waals surface area contributed by atoms with Gasteiger partial charge in [0.2, 0.25) is 0 Å². The van der Waals surface area contributed by atoms with Gasteiger partial charge in [0.05, 0.1) is 0 Å². The number of benzene rings is 1. The van der Waals surface area contributed by atoms with Crippen LogP contribution in [0, 0.1) is 13.8 Å². The second kappa shape index (κ2) is 13.6. The summed E-state index contributed by atoms with van der Waals surface area (Å²) in [6, 6.07) is 14.4. The smallest absolute Gasteiger partial charge is 0.128 e. The van der Waals surface area contributed by atoms with Crippen molar-refractivity contribution in [3.05, 3.63) is 53.7 Å². The lowest BCUT2D eigenvalue weighted by molar-refractivity contribution is 0.148. The zero-order valence-corrected chi connectivity index (χ0v) is 22.4. The molecule has 0 saturated carbocycles. The highest BCUT2D eigenvalue weighted by Gasteiger charge is 2.25. The van der Waals surface area contributed by atoms with Crippen molar-refractivity contribution in [2.75, 3.05) is 62.7 Å². The maximum Gasteiger partial charge on any atom is 0.128 e. The van der Waals surface area contributed by atoms with Crippen LogP contribution in [0.4, 0.5) is 11.5 Å². The quantitative estimate of drug-likeness (QED) is 0.645. The third-order valence-electron chi connectivity index (χ3n) is 6.46. The molecule has 184 valence electrons. The molecule has 1 atom stereocenters. The van der Waals surface area contributed by atoms with Crippen molar-refractivity contribution in [2.45, 2.75) is 60.5 Å². The number of rotatable bonds is 3. The first-order valence-corrected chi connectivity index (χ1v) is 12.8. The Balaban J connectivity index is 0.000000221. The largest absolute Gasteiger partial charge is 0.369 e. The summed E-state index contributed by atoms with van der Waals surface area (Å²) in [7, 11) is 2.17. The Labute approximate surface area is 203 Å². The summed E-state index contributed by atoms with van der Waals surface area (Å²) in [6.07, 6.45) is 1.94. The minimum absolute atomic E-state index is 0.644. The van der Waals surface area contributed by atoms with Crippen molar-refractivity contribution in [3.8, 4) is 0 Å². The third-order valence-corrected chi connectivity index (χ3v) is 6.46. The first kappa shape index (κ1) is 27.1. The third kappa shape index (κ3) is 8.31. The van der Waals surface area contributed by atoms with Gasteiger partial charge < -0.3 is 14.7 Å². The van der Waals surface area contributed by atoms with Crippen LogP contribution in [0.2, 0.25) is 0 Å². The maximum absolute atomic E-state index is 4.43. The fourth-order valence-corrected chi connectivity index (χ4v) is 4.41. The highest BCUT2D eigenvalue weighted by molar-refractivity contribution is 5.48. The van der Waals surface area contributed by atoms with E-state index < -0.39 is 0 Å². The first-order chi connectivity index (χ1) is 15.8. The molecule has 0 radical (unpaired) electrons. The van der Waals surface area contributed by atoms with Crippen molar-refractivity contribution >= 4 is 11.5 Å². The Bertz CT molecular complexity index is 779. The molecule has 0 amide bonds. The van der Waals surface area contributed by atoms with E-state index in [4.69, 9.17) is 0 Å². The van der Waals surface area contributed by atoms with Crippen LogP contribution in [0.25, 0.3) is 0 Å². The number of aromatic nitrogens is 1. The van der Waals surface area contributed by atoms with Crippen LogP contribution in [0.15, 0.2) is 42.6 Å². The van der Waals surface area contributed by atoms with Gasteiger partial charge in [-0.25, -0.2) is 4.98 Å². The van der Waals surface area contributed by atoms with Crippen molar-refractivity contribution in [2.24, 2.45) is 0 Å². The molecule has 0 aliphatic carbocycles. The van der Waals surface area contributed by atoms with E-state index in [0.29, 0.717) is 12.1 Å². The van der Waals surface area contributed by atoms with Gasteiger partial charge in [-0.3, -0.25) is 4.90 Å². The van der Waals surface area contributed by atoms with Crippen LogP contribution in [0.1, 0.15) is 45.7 Å². The number of anilines is 2. The summed E-state index contributed by atoms with van der Waals surface area (Å²) < 4.78 is 0. The van der Waals surface area contributed by atoms with Crippen molar-refractivity contribution in [3.63, 3.8) is 0 Å². The van der Waals surface area contributed by atoms with Gasteiger partial charge in [-0.15, -0.1) is 0 Å². The standard InChI is InChI=1S/C15H24N2.C11H17N3.C2H6/c1-12(2)17-10-9-16(11-14(17)4)15-7-5-13(3)6-8-15;1-10-3-4-11(12-9-10)14-7-5-13(2)6-8-14;1-2/h5-8,12,14H,9-11H2,1-4H3;3-4,9H,5-8H2,1-2H3;1-2H3. The summed E-state index contributed by atoms with van der Waals surface area (Å²) in [5.74, 6) is 1.11. The van der Waals surface area contributed by atoms with Crippen LogP contribution >= 0.6 is 0 Å². The van der Waals surface area contributed by atoms with Crippen LogP contribution in [-0.4, -0.2) is 79.7 Å². The molecule has 1 unspecified atom stereocenters. The molecule has 5 nitrogen and oxygen atoms in total. The lowest BCUT2D eigenvalue weighted by Gasteiger charge is -2.43. The van der Waals surface area contributed by atoms with Crippen molar-refractivity contribution in [1.82, 2.24) is 14.8 Å². The number of nitrogens with zero attached hydrogens (tertiary/aromatic N) is 5. The molecule has 5 heteroatoms. The molecule has 0 N–H and O–H groups in total. The number of likely N-dealkylation sites (N-methyl/N-ethyl adjacent to an activating group) is 1. The summed E-state index contributed by atoms with van der Waals surface area (Å²) in [5.41, 5.74) is 3.93. The van der Waals surface area contributed by atoms with E-state index in [-0.39, 0.29) is 0 Å². The molecule has 2 aliphatic heterocycles. The molecule has 2 fully saturated rings. The average molecular weight is 454 g/mol. The average Bonchev–Trinajstić information content (AvgIpc) is 2.82. The van der Waals surface area contributed by atoms with Crippen molar-refractivity contribution < 1.29 is 0 Å². The maximum atomic E-state index is 4.43. The fourth-order valence-electron chi connectivity index (χ4n) is 4.41. The van der Waals surface area contributed by atoms with Gasteiger partial charge in [-0.1, -0.05) is 37.6 Å². The Kier molecular flexibility index (Phi) is 11.2. The minimum atomic E-state index is 0.644. The Morgan fingerprint density at radius 3 is 1.88 bits per heavy atom. The second-order valence-electron chi connectivity index (χ2n) is 9.45. The molecule has 2 aliphatic rings. The lowest BCUT2D eigenvalue weighted by Crippen LogP contribution is -2.54. The fraction of sp³-hybridized carbons (Fsp3) is 0.607. The Hall–Kier alpha value is -2.11. The Morgan fingerprint density at radius 1 is 0.788 bits per heavy atom. The summed E-state index contributed by atoms with van der Waals surface area (Å²) >= 11 is 0. The lowest BCUT2D eigenvalue weighted by atomic mass is 10.1. The summed E-state index contributed by atoms with van der Waals surface area (Å²) in [6.45, 7) is 23.0. The topological polar surface area (TPSA) is 25.9 Å². The molecule has 3 heterocycles. The second-order valence-corrected chi connectivity index (χ2v) is 9.45. The number of hydrogen-bond acceptors (Lipinski definition) is 5. The van der Waals surface area contributed by atoms with E-state index in [1.54, 1.807) is 0 Å². The molecule has 1 aromatic carbocycles. The molecule has 33 heavy (non-hydrogen) atoms. The van der Waals surface area contributed by atoms with E-state index in [0.717, 1.165) is 45.1 Å². The predicted octanol–water partition coefficient (Wildman–Crippen LogP) is 5.08. The van der Waals surface area contributed by atoms with Gasteiger partial charge in [0.15, 0.2) is 0 Å². The predicted molar refractivity (Wildman–Crippen MR) is 145 cm³/mol. The molecule has 2 aromatic rings. The van der Waals surface area contributed by atoms with Crippen molar-refractivity contribution in [1.29, 1.82) is 0 Å². The summed E-state index contributed by atoms with van der Waals surface area (Å²) in [5, 5.41) is 0. The van der Waals surface area contributed by atoms with E-state index in [9.17, 15) is 0 Å². The zero-order valence-electron chi connectivity index (χ0n) is 22.4. The molecular formula is C28H47N5. The molecule has 0 spiro atoms. The normalized spacial score (nSPS) is 19.5. The molecule has 0 bridgehead atoms. The number of pyridine rings is 1. The van der Waals surface area contributed by atoms with Crippen LogP contribution in [0.3, 0.4) is 0 Å². The van der Waals surface area contributed by atoms with Gasteiger partial charge in [0, 0.05) is 69.8 Å². The molecule has 4 rings (SSSR count). The SMILES string of the molecule is CC.Cc1ccc(N2CCN(C(C)C)C(C)C2)cc1.Cc1ccc(N2CCN(C)CC2)nc1. The monoisotopic (exact) mass is 453 g/mol. The van der Waals surface area contributed by atoms with Crippen LogP contribution < -0.4 is 9.80 Å². The number of aryl methyl sites for hydroxylation is 2. The zero-order chi connectivity index (χ0) is 24.4. The highest BCUT2D eigenvalue weighted by atomic mass is 15.3. The van der Waals surface area contributed by atoms with Crippen LogP contribution in [-0.2, 0) is 0 Å². The molecule has 1 aromatic heterocycles. The van der Waals surface area contributed by atoms with E-state index in [2.05, 4.69) is 103 Å². The van der Waals surface area contributed by atoms with Crippen LogP contribution in [0.5, 0.6) is 0 Å². The van der Waals surface area contributed by atoms with Gasteiger partial charge in [0.25, 0.3) is 0 Å². The van der Waals surface area contributed by atoms with Gasteiger partial charge >= 0.3 is 0 Å². The number of hydrogen-bond donors (Lipinski definition) is 0. The van der Waals surface area contributed by atoms with E-state index in [1.807, 2.05) is 20.0 Å². The van der Waals surface area contributed by atoms with Gasteiger partial charge in [-0.2, -0.15) is 0 Å². The Morgan fingerprint density at radius 2 is 1.36 bits per heavy atom. The first-order valence-electron chi connectivity index (χ1n) is 12.8.